The van der Waals surface area contributed by atoms with Crippen LogP contribution in [0, 0.1) is 18.8 Å². The van der Waals surface area contributed by atoms with E-state index in [1.54, 1.807) is 30.3 Å². The van der Waals surface area contributed by atoms with Gasteiger partial charge in [0.2, 0.25) is 17.7 Å². The molecule has 5 amide bonds. The van der Waals surface area contributed by atoms with Crippen molar-refractivity contribution in [3.63, 3.8) is 0 Å². The fraction of sp³-hybridized carbons (Fsp3) is 0.429. The first-order valence-corrected chi connectivity index (χ1v) is 19.4. The topological polar surface area (TPSA) is 224 Å². The van der Waals surface area contributed by atoms with Gasteiger partial charge in [0.05, 0.1) is 23.7 Å². The smallest absolute Gasteiger partial charge is 0.407 e. The normalized spacial score (nSPS) is 20.0. The molecule has 1 aliphatic heterocycles. The van der Waals surface area contributed by atoms with E-state index < -0.39 is 29.7 Å². The van der Waals surface area contributed by atoms with Crippen LogP contribution in [-0.4, -0.2) is 81.7 Å². The number of rotatable bonds is 12. The quantitative estimate of drug-likeness (QED) is 0.105. The summed E-state index contributed by atoms with van der Waals surface area (Å²) in [6.45, 7) is 7.60. The second kappa shape index (κ2) is 17.5. The maximum Gasteiger partial charge on any atom is 0.407 e. The van der Waals surface area contributed by atoms with E-state index in [0.29, 0.717) is 48.1 Å². The van der Waals surface area contributed by atoms with Gasteiger partial charge < -0.3 is 46.4 Å². The van der Waals surface area contributed by atoms with Crippen molar-refractivity contribution in [2.75, 3.05) is 18.5 Å². The Morgan fingerprint density at radius 2 is 1.63 bits per heavy atom. The molecule has 3 aromatic carbocycles. The average molecular weight is 782 g/mol. The van der Waals surface area contributed by atoms with Crippen LogP contribution in [-0.2, 0) is 25.5 Å². The SMILES string of the molecule is Cc1cc(C(=O)NC2CC(CO)NC2=O)ccc1-c1ccc(CC(NC(=O)C2CCC(CNC(=O)OC(C)(C)C)CC2)C(=O)Nc2ccc3[nH]c(=O)[nH]c3c2)cc1. The molecular formula is C42H51N7O8. The van der Waals surface area contributed by atoms with Gasteiger partial charge in [-0.05, 0) is 118 Å². The minimum absolute atomic E-state index is 0.192. The number of aromatic amines is 2. The van der Waals surface area contributed by atoms with Gasteiger partial charge in [0.1, 0.15) is 17.7 Å². The number of alkyl carbamates (subject to hydrolysis) is 1. The minimum atomic E-state index is -0.912. The average Bonchev–Trinajstić information content (AvgIpc) is 3.73. The summed E-state index contributed by atoms with van der Waals surface area (Å²) in [4.78, 5) is 81.9. The number of H-pyrrole nitrogens is 2. The van der Waals surface area contributed by atoms with Crippen LogP contribution in [0.3, 0.4) is 0 Å². The number of nitrogens with one attached hydrogen (secondary N) is 7. The minimum Gasteiger partial charge on any atom is -0.444 e. The molecule has 2 heterocycles. The maximum atomic E-state index is 13.8. The first-order chi connectivity index (χ1) is 27.1. The van der Waals surface area contributed by atoms with Gasteiger partial charge in [-0.3, -0.25) is 19.2 Å². The second-order valence-electron chi connectivity index (χ2n) is 16.1. The standard InChI is InChI=1S/C42H51N7O8/c1-23-17-28(37(52)47-35-20-30(22-50)45-39(35)54)13-15-31(23)26-9-5-24(6-10-26)18-34(38(53)44-29-14-16-32-33(19-29)49-40(55)48-32)46-36(51)27-11-7-25(8-12-27)21-43-41(56)57-42(2,3)4/h5-6,9-10,13-17,19,25,27,30,34-35,50H,7-8,11-12,18,20-22H2,1-4H3,(H,43,56)(H,44,53)(H,45,54)(H,46,51)(H,47,52)(H2,48,49,55). The number of aryl methyl sites for hydroxylation is 1. The number of fused-ring (bicyclic) bond motifs is 1. The number of hydrogen-bond acceptors (Lipinski definition) is 8. The molecule has 4 aromatic rings. The van der Waals surface area contributed by atoms with Gasteiger partial charge in [-0.2, -0.15) is 0 Å². The molecule has 0 spiro atoms. The molecule has 15 heteroatoms. The van der Waals surface area contributed by atoms with Crippen molar-refractivity contribution in [1.82, 2.24) is 31.2 Å². The van der Waals surface area contributed by atoms with E-state index in [2.05, 4.69) is 36.6 Å². The van der Waals surface area contributed by atoms with Crippen LogP contribution in [0.5, 0.6) is 0 Å². The highest BCUT2D eigenvalue weighted by Crippen LogP contribution is 2.30. The molecule has 6 rings (SSSR count). The largest absolute Gasteiger partial charge is 0.444 e. The number of anilines is 1. The van der Waals surface area contributed by atoms with Crippen molar-refractivity contribution in [1.29, 1.82) is 0 Å². The summed E-state index contributed by atoms with van der Waals surface area (Å²) in [5, 5.41) is 23.5. The predicted molar refractivity (Wildman–Crippen MR) is 214 cm³/mol. The first kappa shape index (κ1) is 40.7. The third-order valence-corrected chi connectivity index (χ3v) is 10.5. The number of ether oxygens (including phenoxy) is 1. The lowest BCUT2D eigenvalue weighted by Crippen LogP contribution is -2.48. The lowest BCUT2D eigenvalue weighted by molar-refractivity contribution is -0.130. The van der Waals surface area contributed by atoms with Crippen LogP contribution >= 0.6 is 0 Å². The number of carbonyl (C=O) groups excluding carboxylic acids is 5. The lowest BCUT2D eigenvalue weighted by Gasteiger charge is -2.29. The van der Waals surface area contributed by atoms with Gasteiger partial charge in [-0.25, -0.2) is 9.59 Å². The zero-order valence-corrected chi connectivity index (χ0v) is 32.6. The highest BCUT2D eigenvalue weighted by Gasteiger charge is 2.33. The molecule has 0 radical (unpaired) electrons. The number of amides is 5. The predicted octanol–water partition coefficient (Wildman–Crippen LogP) is 3.81. The Bertz CT molecular complexity index is 2180. The third-order valence-electron chi connectivity index (χ3n) is 10.5. The fourth-order valence-electron chi connectivity index (χ4n) is 7.43. The van der Waals surface area contributed by atoms with Crippen molar-refractivity contribution < 1.29 is 33.8 Å². The van der Waals surface area contributed by atoms with Gasteiger partial charge in [-0.1, -0.05) is 30.3 Å². The van der Waals surface area contributed by atoms with Crippen LogP contribution in [0.1, 0.15) is 74.4 Å². The van der Waals surface area contributed by atoms with E-state index in [-0.39, 0.29) is 54.3 Å². The molecule has 57 heavy (non-hydrogen) atoms. The van der Waals surface area contributed by atoms with Crippen LogP contribution in [0.2, 0.25) is 0 Å². The highest BCUT2D eigenvalue weighted by atomic mass is 16.6. The molecule has 1 aliphatic carbocycles. The maximum absolute atomic E-state index is 13.8. The van der Waals surface area contributed by atoms with Crippen LogP contribution in [0.4, 0.5) is 10.5 Å². The molecule has 2 fully saturated rings. The summed E-state index contributed by atoms with van der Waals surface area (Å²) in [5.74, 6) is -1.40. The molecule has 1 aromatic heterocycles. The zero-order valence-electron chi connectivity index (χ0n) is 32.6. The molecule has 3 atom stereocenters. The number of imidazole rings is 1. The molecule has 15 nitrogen and oxygen atoms in total. The molecule has 1 saturated heterocycles. The highest BCUT2D eigenvalue weighted by molar-refractivity contribution is 6.00. The zero-order chi connectivity index (χ0) is 40.9. The van der Waals surface area contributed by atoms with Crippen LogP contribution < -0.4 is 32.3 Å². The van der Waals surface area contributed by atoms with E-state index >= 15 is 0 Å². The molecule has 8 N–H and O–H groups in total. The monoisotopic (exact) mass is 781 g/mol. The number of aliphatic hydroxyl groups excluding tert-OH is 1. The van der Waals surface area contributed by atoms with Gasteiger partial charge in [0.15, 0.2) is 0 Å². The number of benzene rings is 3. The number of aliphatic hydroxyl groups is 1. The summed E-state index contributed by atoms with van der Waals surface area (Å²) in [7, 11) is 0. The van der Waals surface area contributed by atoms with Crippen molar-refractivity contribution in [2.45, 2.75) is 89.9 Å². The van der Waals surface area contributed by atoms with Gasteiger partial charge in [0, 0.05) is 30.1 Å². The van der Waals surface area contributed by atoms with E-state index in [1.165, 1.54) is 0 Å². The Morgan fingerprint density at radius 3 is 2.30 bits per heavy atom. The molecule has 0 bridgehead atoms. The van der Waals surface area contributed by atoms with Crippen molar-refractivity contribution in [3.8, 4) is 11.1 Å². The number of carbonyl (C=O) groups is 5. The third kappa shape index (κ3) is 10.7. The Labute approximate surface area is 330 Å². The van der Waals surface area contributed by atoms with E-state index in [0.717, 1.165) is 35.1 Å². The van der Waals surface area contributed by atoms with Crippen LogP contribution in [0.15, 0.2) is 65.5 Å². The van der Waals surface area contributed by atoms with Gasteiger partial charge in [-0.15, -0.1) is 0 Å². The van der Waals surface area contributed by atoms with Crippen molar-refractivity contribution >= 4 is 46.4 Å². The van der Waals surface area contributed by atoms with E-state index in [1.807, 2.05) is 58.0 Å². The summed E-state index contributed by atoms with van der Waals surface area (Å²) in [6.07, 6.45) is 2.79. The number of hydrogen-bond donors (Lipinski definition) is 8. The lowest BCUT2D eigenvalue weighted by atomic mass is 9.81. The summed E-state index contributed by atoms with van der Waals surface area (Å²) < 4.78 is 5.34. The summed E-state index contributed by atoms with van der Waals surface area (Å²) in [6, 6.07) is 16.0. The van der Waals surface area contributed by atoms with Gasteiger partial charge >= 0.3 is 11.8 Å². The Morgan fingerprint density at radius 1 is 0.912 bits per heavy atom. The Kier molecular flexibility index (Phi) is 12.5. The first-order valence-electron chi connectivity index (χ1n) is 19.4. The van der Waals surface area contributed by atoms with Gasteiger partial charge in [0.25, 0.3) is 5.91 Å². The Balaban J connectivity index is 1.11. The second-order valence-corrected chi connectivity index (χ2v) is 16.1. The summed E-state index contributed by atoms with van der Waals surface area (Å²) in [5.41, 5.74) is 4.50. The van der Waals surface area contributed by atoms with E-state index in [4.69, 9.17) is 4.74 Å². The Hall–Kier alpha value is -5.96. The molecule has 3 unspecified atom stereocenters. The fourth-order valence-corrected chi connectivity index (χ4v) is 7.43. The molecular weight excluding hydrogens is 731 g/mol. The summed E-state index contributed by atoms with van der Waals surface area (Å²) >= 11 is 0. The van der Waals surface area contributed by atoms with Crippen LogP contribution in [0.25, 0.3) is 22.2 Å². The van der Waals surface area contributed by atoms with Crippen molar-refractivity contribution in [3.05, 3.63) is 87.8 Å². The molecule has 302 valence electrons. The van der Waals surface area contributed by atoms with E-state index in [9.17, 15) is 33.9 Å². The molecule has 1 saturated carbocycles. The number of aromatic nitrogens is 2. The molecule has 2 aliphatic rings. The van der Waals surface area contributed by atoms with Crippen molar-refractivity contribution in [2.24, 2.45) is 11.8 Å².